The number of sulfone groups is 1. The number of ether oxygens (including phenoxy) is 1. The molecule has 11 nitrogen and oxygen atoms in total. The van der Waals surface area contributed by atoms with Gasteiger partial charge in [0.2, 0.25) is 5.82 Å². The number of nitrogens with one attached hydrogen (secondary N) is 1. The van der Waals surface area contributed by atoms with E-state index < -0.39 is 49.9 Å². The van der Waals surface area contributed by atoms with E-state index in [0.717, 1.165) is 10.9 Å². The molecule has 1 N–H and O–H groups in total. The van der Waals surface area contributed by atoms with Gasteiger partial charge in [0.05, 0.1) is 35.5 Å². The Kier molecular flexibility index (Phi) is 6.95. The van der Waals surface area contributed by atoms with E-state index in [1.807, 2.05) is 0 Å². The van der Waals surface area contributed by atoms with Crippen molar-refractivity contribution in [2.75, 3.05) is 10.7 Å². The number of alkyl carbamates (subject to hydrolysis) is 1. The second-order valence-electron chi connectivity index (χ2n) is 9.43. The number of aromatic nitrogens is 4. The van der Waals surface area contributed by atoms with Gasteiger partial charge in [0.1, 0.15) is 17.5 Å². The van der Waals surface area contributed by atoms with Crippen LogP contribution in [0.4, 0.5) is 14.9 Å². The molecular formula is C23H24ClFN6O5S. The van der Waals surface area contributed by atoms with Crippen LogP contribution < -0.4 is 10.2 Å². The number of benzene rings is 2. The van der Waals surface area contributed by atoms with Gasteiger partial charge in [-0.2, -0.15) is 4.80 Å². The van der Waals surface area contributed by atoms with Crippen LogP contribution in [0.15, 0.2) is 41.3 Å². The van der Waals surface area contributed by atoms with Crippen molar-refractivity contribution in [1.82, 2.24) is 25.5 Å². The predicted molar refractivity (Wildman–Crippen MR) is 132 cm³/mol. The fourth-order valence-corrected chi connectivity index (χ4v) is 5.48. The maximum absolute atomic E-state index is 15.1. The zero-order valence-electron chi connectivity index (χ0n) is 20.4. The number of aryl methyl sites for hydroxylation is 1. The first-order valence-electron chi connectivity index (χ1n) is 11.1. The largest absolute Gasteiger partial charge is 0.444 e. The van der Waals surface area contributed by atoms with Crippen molar-refractivity contribution in [3.63, 3.8) is 0 Å². The zero-order valence-corrected chi connectivity index (χ0v) is 22.0. The van der Waals surface area contributed by atoms with Crippen LogP contribution in [-0.4, -0.2) is 58.0 Å². The number of amides is 2. The van der Waals surface area contributed by atoms with E-state index in [0.29, 0.717) is 10.6 Å². The fraction of sp³-hybridized carbons (Fsp3) is 0.348. The summed E-state index contributed by atoms with van der Waals surface area (Å²) in [7, 11) is -2.76. The van der Waals surface area contributed by atoms with E-state index >= 15 is 4.39 Å². The van der Waals surface area contributed by atoms with Crippen molar-refractivity contribution >= 4 is 39.1 Å². The molecule has 1 aliphatic rings. The molecule has 1 atom stereocenters. The smallest absolute Gasteiger partial charge is 0.408 e. The van der Waals surface area contributed by atoms with Crippen molar-refractivity contribution in [2.45, 2.75) is 43.9 Å². The summed E-state index contributed by atoms with van der Waals surface area (Å²) in [6, 6.07) is 7.09. The number of rotatable bonds is 4. The summed E-state index contributed by atoms with van der Waals surface area (Å²) in [6.45, 7) is 4.80. The Morgan fingerprint density at radius 1 is 1.24 bits per heavy atom. The van der Waals surface area contributed by atoms with Crippen molar-refractivity contribution in [2.24, 2.45) is 7.05 Å². The molecule has 4 rings (SSSR count). The van der Waals surface area contributed by atoms with Crippen molar-refractivity contribution in [3.05, 3.63) is 52.8 Å². The van der Waals surface area contributed by atoms with Crippen LogP contribution in [0.1, 0.15) is 26.3 Å². The summed E-state index contributed by atoms with van der Waals surface area (Å²) in [5, 5.41) is 14.3. The number of fused-ring (bicyclic) bond motifs is 1. The molecule has 0 saturated carbocycles. The van der Waals surface area contributed by atoms with Crippen LogP contribution >= 0.6 is 11.6 Å². The third-order valence-corrected chi connectivity index (χ3v) is 7.34. The van der Waals surface area contributed by atoms with Crippen LogP contribution in [0.5, 0.6) is 0 Å². The highest BCUT2D eigenvalue weighted by Gasteiger charge is 2.40. The molecule has 2 amide bonds. The molecular weight excluding hydrogens is 527 g/mol. The van der Waals surface area contributed by atoms with E-state index in [2.05, 4.69) is 20.7 Å². The molecule has 1 aromatic heterocycles. The third-order valence-electron chi connectivity index (χ3n) is 5.32. The predicted octanol–water partition coefficient (Wildman–Crippen LogP) is 2.88. The Morgan fingerprint density at radius 3 is 2.51 bits per heavy atom. The molecule has 2 aromatic carbocycles. The molecule has 0 bridgehead atoms. The van der Waals surface area contributed by atoms with Gasteiger partial charge in [0.25, 0.3) is 5.91 Å². The molecule has 0 aliphatic carbocycles. The number of tetrazole rings is 1. The van der Waals surface area contributed by atoms with Gasteiger partial charge in [0.15, 0.2) is 9.84 Å². The number of carbonyl (C=O) groups excluding carboxylic acids is 2. The van der Waals surface area contributed by atoms with E-state index in [-0.39, 0.29) is 23.6 Å². The second kappa shape index (κ2) is 9.71. The lowest BCUT2D eigenvalue weighted by Crippen LogP contribution is -2.51. The highest BCUT2D eigenvalue weighted by atomic mass is 35.5. The average Bonchev–Trinajstić information content (AvgIpc) is 3.19. The summed E-state index contributed by atoms with van der Waals surface area (Å²) in [6.07, 6.45) is -0.964. The molecule has 0 radical (unpaired) electrons. The number of carbonyl (C=O) groups is 2. The molecule has 0 unspecified atom stereocenters. The zero-order chi connectivity index (χ0) is 27.1. The Morgan fingerprint density at radius 2 is 1.92 bits per heavy atom. The van der Waals surface area contributed by atoms with Crippen molar-refractivity contribution in [3.8, 4) is 11.4 Å². The molecule has 1 aliphatic heterocycles. The average molecular weight is 551 g/mol. The highest BCUT2D eigenvalue weighted by molar-refractivity contribution is 7.91. The number of halogens is 2. The minimum absolute atomic E-state index is 0.0858. The van der Waals surface area contributed by atoms with E-state index in [1.165, 1.54) is 18.0 Å². The first kappa shape index (κ1) is 26.5. The van der Waals surface area contributed by atoms with Gasteiger partial charge in [-0.25, -0.2) is 17.6 Å². The van der Waals surface area contributed by atoms with Gasteiger partial charge in [0, 0.05) is 5.02 Å². The molecule has 196 valence electrons. The number of anilines is 1. The molecule has 0 fully saturated rings. The summed E-state index contributed by atoms with van der Waals surface area (Å²) in [4.78, 5) is 28.1. The molecule has 2 heterocycles. The standard InChI is InChI=1S/C23H24ClFN6O5S/c1-23(2,3)36-22(33)26-17-12-37(34,35)19-10-16(25)15(20-27-29-30(4)28-20)9-18(19)31(21(17)32)11-13-5-7-14(24)8-6-13/h5-10,17H,11-12H2,1-4H3,(H,26,33)/t17-/m0/s1. The van der Waals surface area contributed by atoms with Crippen LogP contribution in [0.25, 0.3) is 11.4 Å². The highest BCUT2D eigenvalue weighted by Crippen LogP contribution is 2.36. The maximum atomic E-state index is 15.1. The lowest BCUT2D eigenvalue weighted by Gasteiger charge is -2.27. The van der Waals surface area contributed by atoms with Gasteiger partial charge in [-0.05, 0) is 55.8 Å². The molecule has 37 heavy (non-hydrogen) atoms. The summed E-state index contributed by atoms with van der Waals surface area (Å²) in [5.41, 5.74) is -0.501. The minimum atomic E-state index is -4.25. The number of hydrogen-bond donors (Lipinski definition) is 1. The lowest BCUT2D eigenvalue weighted by atomic mass is 10.1. The SMILES string of the molecule is Cn1nnc(-c2cc3c(cc2F)S(=O)(=O)C[C@H](NC(=O)OC(C)(C)C)C(=O)N3Cc2ccc(Cl)cc2)n1. The van der Waals surface area contributed by atoms with Crippen LogP contribution in [-0.2, 0) is 33.0 Å². The quantitative estimate of drug-likeness (QED) is 0.523. The maximum Gasteiger partial charge on any atom is 0.408 e. The first-order chi connectivity index (χ1) is 17.2. The summed E-state index contributed by atoms with van der Waals surface area (Å²) in [5.74, 6) is -2.52. The summed E-state index contributed by atoms with van der Waals surface area (Å²) >= 11 is 5.98. The molecule has 3 aromatic rings. The number of nitrogens with zero attached hydrogens (tertiary/aromatic N) is 5. The van der Waals surface area contributed by atoms with E-state index in [1.54, 1.807) is 45.0 Å². The van der Waals surface area contributed by atoms with Crippen LogP contribution in [0.2, 0.25) is 5.02 Å². The molecule has 0 saturated heterocycles. The molecule has 14 heteroatoms. The van der Waals surface area contributed by atoms with E-state index in [9.17, 15) is 18.0 Å². The van der Waals surface area contributed by atoms with Gasteiger partial charge in [-0.1, -0.05) is 23.7 Å². The van der Waals surface area contributed by atoms with Crippen molar-refractivity contribution < 1.29 is 27.1 Å². The third kappa shape index (κ3) is 5.88. The van der Waals surface area contributed by atoms with Gasteiger partial charge in [-0.3, -0.25) is 4.79 Å². The second-order valence-corrected chi connectivity index (χ2v) is 11.9. The monoisotopic (exact) mass is 550 g/mol. The van der Waals surface area contributed by atoms with Gasteiger partial charge >= 0.3 is 6.09 Å². The van der Waals surface area contributed by atoms with Gasteiger partial charge in [-0.15, -0.1) is 10.2 Å². The van der Waals surface area contributed by atoms with Gasteiger partial charge < -0.3 is 15.0 Å². The Labute approximate surface area is 217 Å². The Balaban J connectivity index is 1.84. The van der Waals surface area contributed by atoms with Crippen molar-refractivity contribution in [1.29, 1.82) is 0 Å². The lowest BCUT2D eigenvalue weighted by molar-refractivity contribution is -0.120. The normalized spacial score (nSPS) is 17.2. The Hall–Kier alpha value is -3.58. The Bertz CT molecular complexity index is 1470. The first-order valence-corrected chi connectivity index (χ1v) is 13.1. The van der Waals surface area contributed by atoms with E-state index in [4.69, 9.17) is 16.3 Å². The topological polar surface area (TPSA) is 136 Å². The fourth-order valence-electron chi connectivity index (χ4n) is 3.74. The number of hydrogen-bond acceptors (Lipinski definition) is 8. The minimum Gasteiger partial charge on any atom is -0.444 e. The molecule has 0 spiro atoms. The van der Waals surface area contributed by atoms with Crippen LogP contribution in [0.3, 0.4) is 0 Å². The van der Waals surface area contributed by atoms with Crippen LogP contribution in [0, 0.1) is 5.82 Å². The summed E-state index contributed by atoms with van der Waals surface area (Å²) < 4.78 is 47.1.